The van der Waals surface area contributed by atoms with Crippen LogP contribution in [0.25, 0.3) is 0 Å². The maximum atomic E-state index is 13.0. The lowest BCUT2D eigenvalue weighted by molar-refractivity contribution is -0.121. The molecule has 0 saturated carbocycles. The van der Waals surface area contributed by atoms with Crippen molar-refractivity contribution in [1.82, 2.24) is 0 Å². The Balaban J connectivity index is 1.54. The number of ether oxygens (including phenoxy) is 4. The molecule has 2 aliphatic rings. The second-order valence-corrected chi connectivity index (χ2v) is 6.65. The summed E-state index contributed by atoms with van der Waals surface area (Å²) in [5, 5.41) is 0. The molecule has 0 amide bonds. The summed E-state index contributed by atoms with van der Waals surface area (Å²) in [4.78, 5) is 13.0. The summed E-state index contributed by atoms with van der Waals surface area (Å²) >= 11 is 0. The lowest BCUT2D eigenvalue weighted by Gasteiger charge is -2.23. The fraction of sp³-hybridized carbons (Fsp3) is 0.381. The number of Topliss-reactive ketones (excluding diaryl/α,β-unsaturated/α-hetero) is 1. The van der Waals surface area contributed by atoms with E-state index in [1.54, 1.807) is 0 Å². The van der Waals surface area contributed by atoms with E-state index in [0.29, 0.717) is 37.9 Å². The number of carbonyl (C=O) groups is 1. The van der Waals surface area contributed by atoms with E-state index in [2.05, 4.69) is 0 Å². The molecule has 2 aliphatic heterocycles. The molecule has 4 rings (SSSR count). The first kappa shape index (κ1) is 16.8. The molecule has 2 heterocycles. The fourth-order valence-corrected chi connectivity index (χ4v) is 3.36. The van der Waals surface area contributed by atoms with Crippen molar-refractivity contribution in [3.05, 3.63) is 47.5 Å². The number of hydrogen-bond acceptors (Lipinski definition) is 5. The van der Waals surface area contributed by atoms with Crippen LogP contribution in [0.3, 0.4) is 0 Å². The predicted molar refractivity (Wildman–Crippen MR) is 96.7 cm³/mol. The Kier molecular flexibility index (Phi) is 4.45. The van der Waals surface area contributed by atoms with Crippen molar-refractivity contribution in [2.75, 3.05) is 26.4 Å². The second-order valence-electron chi connectivity index (χ2n) is 6.65. The number of hydrogen-bond donors (Lipinski definition) is 0. The van der Waals surface area contributed by atoms with Crippen LogP contribution in [0.2, 0.25) is 0 Å². The number of carbonyl (C=O) groups excluding carboxylic acids is 1. The standard InChI is InChI=1S/C21H22O5/c1-13(15-3-5-17-19(11-15)25-9-7-23-17)21(22)14(2)16-4-6-18-20(12-16)26-10-8-24-18/h3-6,11-14H,7-10H2,1-2H3. The molecule has 2 aromatic rings. The largest absolute Gasteiger partial charge is 0.486 e. The van der Waals surface area contributed by atoms with Crippen LogP contribution < -0.4 is 18.9 Å². The minimum Gasteiger partial charge on any atom is -0.486 e. The van der Waals surface area contributed by atoms with Gasteiger partial charge in [-0.1, -0.05) is 26.0 Å². The molecule has 2 unspecified atom stereocenters. The van der Waals surface area contributed by atoms with Gasteiger partial charge < -0.3 is 18.9 Å². The number of ketones is 1. The van der Waals surface area contributed by atoms with Crippen LogP contribution in [0, 0.1) is 0 Å². The van der Waals surface area contributed by atoms with E-state index in [1.165, 1.54) is 0 Å². The van der Waals surface area contributed by atoms with E-state index in [4.69, 9.17) is 18.9 Å². The lowest BCUT2D eigenvalue weighted by Crippen LogP contribution is -2.19. The Bertz CT molecular complexity index is 762. The summed E-state index contributed by atoms with van der Waals surface area (Å²) < 4.78 is 22.4. The molecule has 26 heavy (non-hydrogen) atoms. The predicted octanol–water partition coefficient (Wildman–Crippen LogP) is 3.71. The van der Waals surface area contributed by atoms with Gasteiger partial charge in [0.2, 0.25) is 0 Å². The van der Waals surface area contributed by atoms with Crippen molar-refractivity contribution >= 4 is 5.78 Å². The first-order valence-electron chi connectivity index (χ1n) is 8.96. The van der Waals surface area contributed by atoms with Crippen LogP contribution in [0.4, 0.5) is 0 Å². The molecule has 0 aliphatic carbocycles. The Labute approximate surface area is 152 Å². The summed E-state index contributed by atoms with van der Waals surface area (Å²) in [5.41, 5.74) is 1.87. The van der Waals surface area contributed by atoms with Crippen LogP contribution in [0.15, 0.2) is 36.4 Å². The van der Waals surface area contributed by atoms with Gasteiger partial charge in [-0.2, -0.15) is 0 Å². The van der Waals surface area contributed by atoms with Crippen molar-refractivity contribution in [3.63, 3.8) is 0 Å². The average Bonchev–Trinajstić information content (AvgIpc) is 2.71. The minimum absolute atomic E-state index is 0.151. The lowest BCUT2D eigenvalue weighted by atomic mass is 9.85. The third-order valence-corrected chi connectivity index (χ3v) is 4.99. The fourth-order valence-electron chi connectivity index (χ4n) is 3.36. The van der Waals surface area contributed by atoms with Gasteiger partial charge >= 0.3 is 0 Å². The van der Waals surface area contributed by atoms with Crippen LogP contribution >= 0.6 is 0 Å². The third-order valence-electron chi connectivity index (χ3n) is 4.99. The molecule has 0 radical (unpaired) electrons. The van der Waals surface area contributed by atoms with E-state index in [0.717, 1.165) is 22.6 Å². The van der Waals surface area contributed by atoms with E-state index in [1.807, 2.05) is 50.2 Å². The maximum absolute atomic E-state index is 13.0. The zero-order valence-electron chi connectivity index (χ0n) is 15.0. The highest BCUT2D eigenvalue weighted by Crippen LogP contribution is 2.37. The van der Waals surface area contributed by atoms with Crippen molar-refractivity contribution in [1.29, 1.82) is 0 Å². The Morgan fingerprint density at radius 2 is 1.08 bits per heavy atom. The van der Waals surface area contributed by atoms with E-state index >= 15 is 0 Å². The normalized spacial score (nSPS) is 17.3. The van der Waals surface area contributed by atoms with Gasteiger partial charge in [0.25, 0.3) is 0 Å². The van der Waals surface area contributed by atoms with Crippen molar-refractivity contribution in [2.45, 2.75) is 25.7 Å². The molecular weight excluding hydrogens is 332 g/mol. The van der Waals surface area contributed by atoms with Crippen molar-refractivity contribution < 1.29 is 23.7 Å². The first-order chi connectivity index (χ1) is 12.6. The van der Waals surface area contributed by atoms with Gasteiger partial charge in [0.05, 0.1) is 0 Å². The summed E-state index contributed by atoms with van der Waals surface area (Å²) in [5.74, 6) is 2.56. The van der Waals surface area contributed by atoms with Crippen molar-refractivity contribution in [3.8, 4) is 23.0 Å². The molecular formula is C21H22O5. The zero-order chi connectivity index (χ0) is 18.1. The van der Waals surface area contributed by atoms with Gasteiger partial charge in [0.1, 0.15) is 32.2 Å². The molecule has 0 aromatic heterocycles. The molecule has 5 nitrogen and oxygen atoms in total. The van der Waals surface area contributed by atoms with Gasteiger partial charge in [0, 0.05) is 11.8 Å². The third kappa shape index (κ3) is 3.09. The van der Waals surface area contributed by atoms with E-state index < -0.39 is 0 Å². The van der Waals surface area contributed by atoms with E-state index in [9.17, 15) is 4.79 Å². The molecule has 2 aromatic carbocycles. The quantitative estimate of drug-likeness (QED) is 0.838. The molecule has 0 fully saturated rings. The molecule has 5 heteroatoms. The molecule has 0 saturated heterocycles. The molecule has 2 atom stereocenters. The minimum atomic E-state index is -0.242. The first-order valence-corrected chi connectivity index (χ1v) is 8.96. The average molecular weight is 354 g/mol. The van der Waals surface area contributed by atoms with Gasteiger partial charge in [0.15, 0.2) is 23.0 Å². The number of benzene rings is 2. The van der Waals surface area contributed by atoms with Gasteiger partial charge in [-0.15, -0.1) is 0 Å². The van der Waals surface area contributed by atoms with Crippen LogP contribution in [0.1, 0.15) is 36.8 Å². The highest BCUT2D eigenvalue weighted by Gasteiger charge is 2.25. The summed E-state index contributed by atoms with van der Waals surface area (Å²) in [6.45, 7) is 6.05. The Hall–Kier alpha value is -2.69. The van der Waals surface area contributed by atoms with Gasteiger partial charge in [-0.05, 0) is 35.4 Å². The second kappa shape index (κ2) is 6.90. The smallest absolute Gasteiger partial charge is 0.161 e. The van der Waals surface area contributed by atoms with Crippen LogP contribution in [-0.2, 0) is 4.79 Å². The van der Waals surface area contributed by atoms with E-state index in [-0.39, 0.29) is 17.6 Å². The van der Waals surface area contributed by atoms with Crippen LogP contribution in [-0.4, -0.2) is 32.2 Å². The summed E-state index contributed by atoms with van der Waals surface area (Å²) in [6, 6.07) is 11.4. The van der Waals surface area contributed by atoms with Gasteiger partial charge in [-0.25, -0.2) is 0 Å². The zero-order valence-corrected chi connectivity index (χ0v) is 15.0. The Morgan fingerprint density at radius 1 is 0.692 bits per heavy atom. The maximum Gasteiger partial charge on any atom is 0.161 e. The molecule has 0 N–H and O–H groups in total. The number of rotatable bonds is 4. The van der Waals surface area contributed by atoms with Crippen molar-refractivity contribution in [2.24, 2.45) is 0 Å². The molecule has 136 valence electrons. The van der Waals surface area contributed by atoms with Gasteiger partial charge in [-0.3, -0.25) is 4.79 Å². The topological polar surface area (TPSA) is 54.0 Å². The SMILES string of the molecule is CC(C(=O)C(C)c1ccc2c(c1)OCCO2)c1ccc2c(c1)OCCO2. The molecule has 0 spiro atoms. The molecule has 0 bridgehead atoms. The monoisotopic (exact) mass is 354 g/mol. The van der Waals surface area contributed by atoms with Crippen LogP contribution in [0.5, 0.6) is 23.0 Å². The Morgan fingerprint density at radius 3 is 1.50 bits per heavy atom. The highest BCUT2D eigenvalue weighted by molar-refractivity contribution is 5.91. The summed E-state index contributed by atoms with van der Waals surface area (Å²) in [6.07, 6.45) is 0. The highest BCUT2D eigenvalue weighted by atomic mass is 16.6. The number of fused-ring (bicyclic) bond motifs is 2. The summed E-state index contributed by atoms with van der Waals surface area (Å²) in [7, 11) is 0.